The second-order valence-corrected chi connectivity index (χ2v) is 17.3. The summed E-state index contributed by atoms with van der Waals surface area (Å²) in [6.45, 7) is 14.4. The third kappa shape index (κ3) is 44.2. The van der Waals surface area contributed by atoms with Crippen molar-refractivity contribution in [2.24, 2.45) is 0 Å². The zero-order valence-corrected chi connectivity index (χ0v) is 38.8. The Kier molecular flexibility index (Phi) is 46.5. The number of aliphatic hydroxyl groups excluding tert-OH is 1. The van der Waals surface area contributed by atoms with Crippen molar-refractivity contribution >= 4 is 11.9 Å². The molecule has 0 bridgehead atoms. The summed E-state index contributed by atoms with van der Waals surface area (Å²) in [7, 11) is 0. The molecular weight excluding hydrogens is 709 g/mol. The van der Waals surface area contributed by atoms with Crippen LogP contribution in [0.1, 0.15) is 252 Å². The van der Waals surface area contributed by atoms with Gasteiger partial charge >= 0.3 is 11.9 Å². The summed E-state index contributed by atoms with van der Waals surface area (Å²) in [6, 6.07) is 0. The fourth-order valence-electron chi connectivity index (χ4n) is 7.82. The highest BCUT2D eigenvalue weighted by Crippen LogP contribution is 2.14. The van der Waals surface area contributed by atoms with Crippen LogP contribution in [0, 0.1) is 0 Å². The van der Waals surface area contributed by atoms with Gasteiger partial charge in [-0.3, -0.25) is 14.5 Å². The van der Waals surface area contributed by atoms with Gasteiger partial charge in [0.05, 0.1) is 19.8 Å². The smallest absolute Gasteiger partial charge is 0.305 e. The van der Waals surface area contributed by atoms with Crippen molar-refractivity contribution in [3.05, 3.63) is 0 Å². The highest BCUT2D eigenvalue weighted by Gasteiger charge is 2.11. The lowest BCUT2D eigenvalue weighted by atomic mass is 10.1. The van der Waals surface area contributed by atoms with E-state index >= 15 is 0 Å². The first-order valence-corrected chi connectivity index (χ1v) is 25.4. The number of hydrogen-bond donors (Lipinski definition) is 1. The summed E-state index contributed by atoms with van der Waals surface area (Å²) < 4.78 is 11.0. The summed E-state index contributed by atoms with van der Waals surface area (Å²) in [5, 5.41) is 9.80. The Hall–Kier alpha value is -1.18. The van der Waals surface area contributed by atoms with Crippen molar-refractivity contribution in [3.8, 4) is 0 Å². The Morgan fingerprint density at radius 1 is 0.333 bits per heavy atom. The lowest BCUT2D eigenvalue weighted by Crippen LogP contribution is -2.38. The second kappa shape index (κ2) is 47.5. The molecule has 340 valence electrons. The van der Waals surface area contributed by atoms with Gasteiger partial charge in [-0.2, -0.15) is 0 Å². The van der Waals surface area contributed by atoms with E-state index in [4.69, 9.17) is 9.47 Å². The third-order valence-electron chi connectivity index (χ3n) is 11.7. The van der Waals surface area contributed by atoms with Crippen molar-refractivity contribution < 1.29 is 24.2 Å². The average Bonchev–Trinajstić information content (AvgIpc) is 3.21. The van der Waals surface area contributed by atoms with Gasteiger partial charge in [0, 0.05) is 32.5 Å². The lowest BCUT2D eigenvalue weighted by Gasteiger charge is -2.27. The maximum atomic E-state index is 12.2. The molecule has 0 aromatic rings. The number of carbonyl (C=O) groups excluding carboxylic acids is 2. The van der Waals surface area contributed by atoms with Gasteiger partial charge < -0.3 is 19.5 Å². The van der Waals surface area contributed by atoms with Gasteiger partial charge in [0.2, 0.25) is 0 Å². The van der Waals surface area contributed by atoms with Crippen LogP contribution in [0.25, 0.3) is 0 Å². The molecule has 0 aliphatic rings. The van der Waals surface area contributed by atoms with Crippen molar-refractivity contribution in [3.63, 3.8) is 0 Å². The van der Waals surface area contributed by atoms with E-state index in [1.165, 1.54) is 180 Å². The minimum absolute atomic E-state index is 0.0175. The van der Waals surface area contributed by atoms with E-state index in [2.05, 4.69) is 30.6 Å². The fraction of sp³-hybridized carbons (Fsp3) is 0.960. The molecule has 0 atom stereocenters. The Labute approximate surface area is 355 Å². The number of nitrogens with zero attached hydrogens (tertiary/aromatic N) is 2. The van der Waals surface area contributed by atoms with Gasteiger partial charge in [0.25, 0.3) is 0 Å². The predicted molar refractivity (Wildman–Crippen MR) is 245 cm³/mol. The molecule has 7 nitrogen and oxygen atoms in total. The molecule has 0 unspecified atom stereocenters. The number of hydrogen-bond acceptors (Lipinski definition) is 7. The van der Waals surface area contributed by atoms with Gasteiger partial charge in [-0.05, 0) is 64.6 Å². The van der Waals surface area contributed by atoms with Gasteiger partial charge in [0.15, 0.2) is 0 Å². The first-order chi connectivity index (χ1) is 28.1. The number of rotatable bonds is 48. The van der Waals surface area contributed by atoms with Crippen LogP contribution in [0.5, 0.6) is 0 Å². The summed E-state index contributed by atoms with van der Waals surface area (Å²) in [6.07, 6.45) is 43.2. The Morgan fingerprint density at radius 3 is 0.912 bits per heavy atom. The molecule has 0 aliphatic heterocycles. The highest BCUT2D eigenvalue weighted by atomic mass is 16.5. The normalized spacial score (nSPS) is 11.6. The molecule has 0 aromatic carbocycles. The second-order valence-electron chi connectivity index (χ2n) is 17.3. The Morgan fingerprint density at radius 2 is 0.596 bits per heavy atom. The van der Waals surface area contributed by atoms with E-state index in [1.54, 1.807) is 0 Å². The third-order valence-corrected chi connectivity index (χ3v) is 11.7. The lowest BCUT2D eigenvalue weighted by molar-refractivity contribution is -0.144. The average molecular weight is 809 g/mol. The van der Waals surface area contributed by atoms with Crippen molar-refractivity contribution in [1.82, 2.24) is 9.80 Å². The highest BCUT2D eigenvalue weighted by molar-refractivity contribution is 5.69. The molecular formula is C50H100N2O5. The van der Waals surface area contributed by atoms with Crippen LogP contribution in [0.2, 0.25) is 0 Å². The molecule has 57 heavy (non-hydrogen) atoms. The summed E-state index contributed by atoms with van der Waals surface area (Å²) in [5.41, 5.74) is 0. The fourth-order valence-corrected chi connectivity index (χ4v) is 7.82. The standard InChI is InChI=1S/C50H100N2O5/c1-4-7-10-13-16-17-18-19-26-35-42-52(45-46-53)44-43-51(40-33-27-22-24-31-38-49(54)56-47-36-29-20-14-11-8-5-2)41-34-28-23-25-32-39-50(55)57-48-37-30-21-15-12-9-6-3/h53H,4-48H2,1-3H3. The number of unbranched alkanes of at least 4 members (excludes halogenated alkanes) is 29. The van der Waals surface area contributed by atoms with Crippen LogP contribution in [0.3, 0.4) is 0 Å². The van der Waals surface area contributed by atoms with E-state index in [1.807, 2.05) is 0 Å². The van der Waals surface area contributed by atoms with E-state index in [-0.39, 0.29) is 18.5 Å². The summed E-state index contributed by atoms with van der Waals surface area (Å²) >= 11 is 0. The molecule has 0 aromatic heterocycles. The number of esters is 2. The minimum atomic E-state index is -0.0175. The van der Waals surface area contributed by atoms with Crippen molar-refractivity contribution in [2.45, 2.75) is 252 Å². The molecule has 0 rings (SSSR count). The van der Waals surface area contributed by atoms with Crippen LogP contribution < -0.4 is 0 Å². The Balaban J connectivity index is 4.40. The van der Waals surface area contributed by atoms with Crippen molar-refractivity contribution in [1.29, 1.82) is 0 Å². The van der Waals surface area contributed by atoms with Gasteiger partial charge in [-0.25, -0.2) is 0 Å². The molecule has 0 heterocycles. The zero-order chi connectivity index (χ0) is 41.5. The van der Waals surface area contributed by atoms with E-state index in [0.29, 0.717) is 26.1 Å². The number of ether oxygens (including phenoxy) is 2. The van der Waals surface area contributed by atoms with Crippen LogP contribution in [-0.4, -0.2) is 85.9 Å². The molecule has 0 amide bonds. The largest absolute Gasteiger partial charge is 0.466 e. The first kappa shape index (κ1) is 55.8. The van der Waals surface area contributed by atoms with E-state index in [9.17, 15) is 14.7 Å². The molecule has 0 saturated heterocycles. The molecule has 0 saturated carbocycles. The van der Waals surface area contributed by atoms with Crippen molar-refractivity contribution in [2.75, 3.05) is 59.1 Å². The number of aliphatic hydroxyl groups is 1. The first-order valence-electron chi connectivity index (χ1n) is 25.4. The monoisotopic (exact) mass is 809 g/mol. The predicted octanol–water partition coefficient (Wildman–Crippen LogP) is 13.8. The van der Waals surface area contributed by atoms with Crippen LogP contribution in [-0.2, 0) is 19.1 Å². The SMILES string of the molecule is CCCCCCCCCCCCN(CCO)CCN(CCCCCCCC(=O)OCCCCCCCCC)CCCCCCCC(=O)OCCCCCCCCC. The minimum Gasteiger partial charge on any atom is -0.466 e. The Bertz CT molecular complexity index is 766. The summed E-state index contributed by atoms with van der Waals surface area (Å²) in [5.74, 6) is -0.0349. The van der Waals surface area contributed by atoms with E-state index in [0.717, 1.165) is 77.8 Å². The summed E-state index contributed by atoms with van der Waals surface area (Å²) in [4.78, 5) is 29.5. The molecule has 0 aliphatic carbocycles. The maximum absolute atomic E-state index is 12.2. The van der Waals surface area contributed by atoms with Gasteiger partial charge in [-0.1, -0.05) is 194 Å². The molecule has 0 spiro atoms. The zero-order valence-electron chi connectivity index (χ0n) is 38.8. The van der Waals surface area contributed by atoms with Crippen LogP contribution in [0.4, 0.5) is 0 Å². The molecule has 7 heteroatoms. The molecule has 0 radical (unpaired) electrons. The van der Waals surface area contributed by atoms with E-state index < -0.39 is 0 Å². The van der Waals surface area contributed by atoms with Crippen LogP contribution >= 0.6 is 0 Å². The molecule has 0 fully saturated rings. The number of carbonyl (C=O) groups is 2. The quantitative estimate of drug-likeness (QED) is 0.0484. The molecule has 1 N–H and O–H groups in total. The van der Waals surface area contributed by atoms with Gasteiger partial charge in [0.1, 0.15) is 0 Å². The topological polar surface area (TPSA) is 79.3 Å². The maximum Gasteiger partial charge on any atom is 0.305 e. The van der Waals surface area contributed by atoms with Crippen LogP contribution in [0.15, 0.2) is 0 Å². The van der Waals surface area contributed by atoms with Gasteiger partial charge in [-0.15, -0.1) is 0 Å².